The highest BCUT2D eigenvalue weighted by Gasteiger charge is 2.22. The van der Waals surface area contributed by atoms with E-state index >= 15 is 0 Å². The molecule has 0 atom stereocenters. The summed E-state index contributed by atoms with van der Waals surface area (Å²) in [4.78, 5) is -0.305. The molecule has 0 radical (unpaired) electrons. The number of nitriles is 1. The maximum atomic E-state index is 13.0. The number of para-hydroxylation sites is 1. The standard InChI is InChI=1S/C25H23NO4S/c1-18-10-12-22(13-11-18)31(27,28)23(16-26)15-21-8-5-9-24(29-3)25(21)30-17-20-7-4-6-19(2)14-20/h4-15H,17H2,1-3H3. The Labute approximate surface area is 183 Å². The number of ether oxygens (including phenoxy) is 2. The molecule has 3 aromatic carbocycles. The van der Waals surface area contributed by atoms with Crippen LogP contribution in [0.3, 0.4) is 0 Å². The lowest BCUT2D eigenvalue weighted by molar-refractivity contribution is 0.284. The highest BCUT2D eigenvalue weighted by Crippen LogP contribution is 2.34. The molecule has 0 saturated heterocycles. The zero-order chi connectivity index (χ0) is 22.4. The van der Waals surface area contributed by atoms with Gasteiger partial charge in [0.05, 0.1) is 12.0 Å². The molecule has 0 amide bonds. The van der Waals surface area contributed by atoms with Gasteiger partial charge in [0, 0.05) is 5.56 Å². The Morgan fingerprint density at radius 1 is 1.00 bits per heavy atom. The largest absolute Gasteiger partial charge is 0.493 e. The van der Waals surface area contributed by atoms with Gasteiger partial charge < -0.3 is 9.47 Å². The lowest BCUT2D eigenvalue weighted by Gasteiger charge is -2.14. The number of rotatable bonds is 7. The lowest BCUT2D eigenvalue weighted by Crippen LogP contribution is -2.04. The fourth-order valence-electron chi connectivity index (χ4n) is 3.07. The summed E-state index contributed by atoms with van der Waals surface area (Å²) in [7, 11) is -2.46. The van der Waals surface area contributed by atoms with Crippen molar-refractivity contribution in [3.63, 3.8) is 0 Å². The van der Waals surface area contributed by atoms with Gasteiger partial charge in [0.1, 0.15) is 17.6 Å². The molecule has 0 unspecified atom stereocenters. The topological polar surface area (TPSA) is 76.4 Å². The van der Waals surface area contributed by atoms with Gasteiger partial charge in [-0.2, -0.15) is 5.26 Å². The second kappa shape index (κ2) is 9.50. The molecule has 0 aliphatic rings. The number of hydrogen-bond acceptors (Lipinski definition) is 5. The maximum Gasteiger partial charge on any atom is 0.216 e. The average Bonchev–Trinajstić information content (AvgIpc) is 2.76. The molecule has 3 aromatic rings. The SMILES string of the molecule is COc1cccc(C=C(C#N)S(=O)(=O)c2ccc(C)cc2)c1OCc1cccc(C)c1. The molecule has 0 spiro atoms. The zero-order valence-electron chi connectivity index (χ0n) is 17.6. The van der Waals surface area contributed by atoms with Crippen molar-refractivity contribution in [2.24, 2.45) is 0 Å². The van der Waals surface area contributed by atoms with E-state index in [2.05, 4.69) is 0 Å². The summed E-state index contributed by atoms with van der Waals surface area (Å²) < 4.78 is 37.4. The number of hydrogen-bond donors (Lipinski definition) is 0. The molecular weight excluding hydrogens is 410 g/mol. The van der Waals surface area contributed by atoms with Gasteiger partial charge in [-0.3, -0.25) is 0 Å². The van der Waals surface area contributed by atoms with E-state index in [0.717, 1.165) is 16.7 Å². The molecule has 0 saturated carbocycles. The van der Waals surface area contributed by atoms with Gasteiger partial charge in [-0.25, -0.2) is 8.42 Å². The molecule has 158 valence electrons. The highest BCUT2D eigenvalue weighted by atomic mass is 32.2. The number of methoxy groups -OCH3 is 1. The zero-order valence-corrected chi connectivity index (χ0v) is 18.4. The summed E-state index contributed by atoms with van der Waals surface area (Å²) in [6, 6.07) is 21.2. The van der Waals surface area contributed by atoms with Crippen molar-refractivity contribution >= 4 is 15.9 Å². The van der Waals surface area contributed by atoms with Crippen LogP contribution in [0.4, 0.5) is 0 Å². The summed E-state index contributed by atoms with van der Waals surface area (Å²) >= 11 is 0. The van der Waals surface area contributed by atoms with Gasteiger partial charge in [0.2, 0.25) is 9.84 Å². The van der Waals surface area contributed by atoms with Crippen LogP contribution in [0.5, 0.6) is 11.5 Å². The van der Waals surface area contributed by atoms with Crippen molar-refractivity contribution in [3.05, 3.63) is 93.9 Å². The fourth-order valence-corrected chi connectivity index (χ4v) is 4.23. The van der Waals surface area contributed by atoms with Gasteiger partial charge in [-0.05, 0) is 43.7 Å². The molecule has 0 heterocycles. The summed E-state index contributed by atoms with van der Waals surface area (Å²) in [6.07, 6.45) is 1.32. The van der Waals surface area contributed by atoms with Gasteiger partial charge in [-0.1, -0.05) is 59.7 Å². The van der Waals surface area contributed by atoms with Gasteiger partial charge in [0.15, 0.2) is 11.5 Å². The Morgan fingerprint density at radius 2 is 1.71 bits per heavy atom. The van der Waals surface area contributed by atoms with Crippen LogP contribution >= 0.6 is 0 Å². The summed E-state index contributed by atoms with van der Waals surface area (Å²) in [5, 5.41) is 9.63. The molecule has 0 N–H and O–H groups in total. The fraction of sp³-hybridized carbons (Fsp3) is 0.160. The average molecular weight is 434 g/mol. The first-order valence-electron chi connectivity index (χ1n) is 9.64. The van der Waals surface area contributed by atoms with E-state index in [0.29, 0.717) is 17.1 Å². The molecule has 6 heteroatoms. The maximum absolute atomic E-state index is 13.0. The first-order valence-corrected chi connectivity index (χ1v) is 11.1. The Hall–Kier alpha value is -3.56. The number of nitrogens with zero attached hydrogens (tertiary/aromatic N) is 1. The molecule has 3 rings (SSSR count). The molecule has 0 aromatic heterocycles. The van der Waals surface area contributed by atoms with Crippen LogP contribution in [0.25, 0.3) is 6.08 Å². The number of benzene rings is 3. The predicted octanol–water partition coefficient (Wildman–Crippen LogP) is 5.23. The Kier molecular flexibility index (Phi) is 6.78. The summed E-state index contributed by atoms with van der Waals surface area (Å²) in [5.41, 5.74) is 3.45. The number of allylic oxidation sites excluding steroid dienone is 1. The third-order valence-corrected chi connectivity index (χ3v) is 6.39. The first-order chi connectivity index (χ1) is 14.8. The van der Waals surface area contributed by atoms with E-state index < -0.39 is 9.84 Å². The minimum absolute atomic E-state index is 0.0658. The van der Waals surface area contributed by atoms with Gasteiger partial charge >= 0.3 is 0 Å². The molecule has 0 bridgehead atoms. The van der Waals surface area contributed by atoms with Crippen LogP contribution in [0.15, 0.2) is 76.5 Å². The van der Waals surface area contributed by atoms with E-state index in [9.17, 15) is 13.7 Å². The monoisotopic (exact) mass is 433 g/mol. The van der Waals surface area contributed by atoms with E-state index in [-0.39, 0.29) is 16.4 Å². The van der Waals surface area contributed by atoms with Crippen LogP contribution in [-0.2, 0) is 16.4 Å². The minimum atomic E-state index is -3.97. The van der Waals surface area contributed by atoms with Crippen LogP contribution in [0, 0.1) is 25.2 Å². The molecule has 5 nitrogen and oxygen atoms in total. The van der Waals surface area contributed by atoms with Crippen molar-refractivity contribution in [1.82, 2.24) is 0 Å². The Balaban J connectivity index is 2.01. The predicted molar refractivity (Wildman–Crippen MR) is 120 cm³/mol. The smallest absolute Gasteiger partial charge is 0.216 e. The van der Waals surface area contributed by atoms with Crippen molar-refractivity contribution in [2.75, 3.05) is 7.11 Å². The van der Waals surface area contributed by atoms with E-state index in [4.69, 9.17) is 9.47 Å². The van der Waals surface area contributed by atoms with Crippen molar-refractivity contribution in [3.8, 4) is 17.6 Å². The van der Waals surface area contributed by atoms with Crippen LogP contribution < -0.4 is 9.47 Å². The van der Waals surface area contributed by atoms with Crippen LogP contribution in [0.1, 0.15) is 22.3 Å². The summed E-state index contributed by atoms with van der Waals surface area (Å²) in [6.45, 7) is 4.14. The quantitative estimate of drug-likeness (QED) is 0.477. The third-order valence-electron chi connectivity index (χ3n) is 4.71. The van der Waals surface area contributed by atoms with Crippen molar-refractivity contribution in [2.45, 2.75) is 25.3 Å². The second-order valence-corrected chi connectivity index (χ2v) is 9.01. The van der Waals surface area contributed by atoms with Crippen molar-refractivity contribution < 1.29 is 17.9 Å². The first kappa shape index (κ1) is 22.1. The normalized spacial score (nSPS) is 11.6. The number of sulfone groups is 1. The van der Waals surface area contributed by atoms with Crippen LogP contribution in [0.2, 0.25) is 0 Å². The molecule has 0 aliphatic carbocycles. The van der Waals surface area contributed by atoms with Gasteiger partial charge in [-0.15, -0.1) is 0 Å². The second-order valence-electron chi connectivity index (χ2n) is 7.09. The molecule has 31 heavy (non-hydrogen) atoms. The third kappa shape index (κ3) is 5.14. The number of aryl methyl sites for hydroxylation is 2. The molecular formula is C25H23NO4S. The van der Waals surface area contributed by atoms with Crippen LogP contribution in [-0.4, -0.2) is 15.5 Å². The van der Waals surface area contributed by atoms with Crippen molar-refractivity contribution in [1.29, 1.82) is 5.26 Å². The highest BCUT2D eigenvalue weighted by molar-refractivity contribution is 7.95. The molecule has 0 fully saturated rings. The van der Waals surface area contributed by atoms with E-state index in [1.54, 1.807) is 30.3 Å². The van der Waals surface area contributed by atoms with Gasteiger partial charge in [0.25, 0.3) is 0 Å². The Bertz CT molecular complexity index is 1250. The molecule has 0 aliphatic heterocycles. The summed E-state index contributed by atoms with van der Waals surface area (Å²) in [5.74, 6) is 0.824. The Morgan fingerprint density at radius 3 is 2.35 bits per heavy atom. The lowest BCUT2D eigenvalue weighted by atomic mass is 10.1. The minimum Gasteiger partial charge on any atom is -0.493 e. The van der Waals surface area contributed by atoms with E-state index in [1.165, 1.54) is 25.3 Å². The van der Waals surface area contributed by atoms with E-state index in [1.807, 2.05) is 44.2 Å².